The van der Waals surface area contributed by atoms with E-state index in [9.17, 15) is 34.5 Å². The SMILES string of the molecule is CC[C@H]1OC(=O)[C@H](C)[C@@H](O[C@H]2C[C@@](C)(OC)[C@@H](O)[C@H](C)O2)[C@H](C)[C@@H](O[C@@H]2O[C@H](C)C[C@H](N(C)CCc3cn([C@H](CF)[C@H](OC)c4ccc(-c5ccc(S(C)=O)nc5)cc4)nn3)[C@H]2O)[C@](C)(O)C[C@@H](C)CN(C)[C@H](C)[C@@H](O)[C@]1(C)O. The summed E-state index contributed by atoms with van der Waals surface area (Å²) in [6, 6.07) is 9.19. The molecule has 3 aliphatic heterocycles. The normalized spacial score (nSPS) is 37.9. The second kappa shape index (κ2) is 27.3. The van der Waals surface area contributed by atoms with Gasteiger partial charge in [-0.2, -0.15) is 0 Å². The number of nitrogens with zero attached hydrogens (tertiary/aromatic N) is 6. The smallest absolute Gasteiger partial charge is 0.311 e. The first-order valence-electron chi connectivity index (χ1n) is 27.8. The van der Waals surface area contributed by atoms with E-state index in [4.69, 9.17) is 33.2 Å². The number of carbonyl (C=O) groups excluding carboxylic acids is 1. The average Bonchev–Trinajstić information content (AvgIpc) is 4.05. The van der Waals surface area contributed by atoms with Gasteiger partial charge in [0.2, 0.25) is 0 Å². The minimum absolute atomic E-state index is 0.0769. The summed E-state index contributed by atoms with van der Waals surface area (Å²) in [6.07, 6.45) is -4.96. The monoisotopic (exact) mass is 1130 g/mol. The van der Waals surface area contributed by atoms with Crippen molar-refractivity contribution in [1.29, 1.82) is 0 Å². The molecule has 3 fully saturated rings. The van der Waals surface area contributed by atoms with E-state index in [1.807, 2.05) is 68.1 Å². The summed E-state index contributed by atoms with van der Waals surface area (Å²) in [5.41, 5.74) is -1.57. The minimum atomic E-state index is -1.86. The van der Waals surface area contributed by atoms with Crippen molar-refractivity contribution in [2.45, 2.75) is 209 Å². The molecule has 0 spiro atoms. The lowest BCUT2D eigenvalue weighted by atomic mass is 9.77. The van der Waals surface area contributed by atoms with Crippen LogP contribution >= 0.6 is 0 Å². The molecule has 2 aromatic heterocycles. The number of halogens is 1. The summed E-state index contributed by atoms with van der Waals surface area (Å²) in [6.45, 7) is 17.4. The van der Waals surface area contributed by atoms with Gasteiger partial charge in [-0.3, -0.25) is 9.00 Å². The van der Waals surface area contributed by atoms with E-state index < -0.39 is 138 Å². The van der Waals surface area contributed by atoms with Gasteiger partial charge in [-0.15, -0.1) is 5.10 Å². The maximum atomic E-state index is 15.0. The van der Waals surface area contributed by atoms with Crippen molar-refractivity contribution < 1.29 is 72.1 Å². The molecule has 1 unspecified atom stereocenters. The first kappa shape index (κ1) is 64.7. The second-order valence-electron chi connectivity index (χ2n) is 23.5. The molecule has 5 heterocycles. The highest BCUT2D eigenvalue weighted by Crippen LogP contribution is 2.41. The van der Waals surface area contributed by atoms with Crippen LogP contribution in [0.5, 0.6) is 0 Å². The van der Waals surface area contributed by atoms with Gasteiger partial charge in [-0.25, -0.2) is 14.1 Å². The Morgan fingerprint density at radius 3 is 2.22 bits per heavy atom. The van der Waals surface area contributed by atoms with Crippen molar-refractivity contribution in [3.05, 3.63) is 60.0 Å². The Hall–Kier alpha value is -3.46. The van der Waals surface area contributed by atoms with Crippen LogP contribution in [0.15, 0.2) is 53.8 Å². The number of esters is 1. The van der Waals surface area contributed by atoms with Crippen LogP contribution in [0.4, 0.5) is 4.39 Å². The van der Waals surface area contributed by atoms with Gasteiger partial charge in [0.25, 0.3) is 0 Å². The van der Waals surface area contributed by atoms with Gasteiger partial charge in [0.05, 0.1) is 58.0 Å². The third-order valence-corrected chi connectivity index (χ3v) is 17.9. The van der Waals surface area contributed by atoms with Crippen LogP contribution in [0.3, 0.4) is 0 Å². The van der Waals surface area contributed by atoms with Gasteiger partial charge >= 0.3 is 5.97 Å². The zero-order chi connectivity index (χ0) is 58.5. The van der Waals surface area contributed by atoms with Crippen molar-refractivity contribution in [1.82, 2.24) is 29.8 Å². The summed E-state index contributed by atoms with van der Waals surface area (Å²) in [4.78, 5) is 22.7. The zero-order valence-electron chi connectivity index (χ0n) is 49.0. The van der Waals surface area contributed by atoms with E-state index in [2.05, 4.69) is 15.3 Å². The van der Waals surface area contributed by atoms with E-state index in [1.54, 1.807) is 73.2 Å². The molecule has 1 aromatic carbocycles. The molecule has 446 valence electrons. The number of benzene rings is 1. The van der Waals surface area contributed by atoms with E-state index in [0.717, 1.165) is 16.7 Å². The third kappa shape index (κ3) is 15.0. The number of aliphatic hydroxyl groups excluding tert-OH is 3. The Balaban J connectivity index is 1.24. The zero-order valence-corrected chi connectivity index (χ0v) is 49.8. The number of pyridine rings is 1. The Kier molecular flexibility index (Phi) is 22.4. The van der Waals surface area contributed by atoms with E-state index in [0.29, 0.717) is 36.7 Å². The van der Waals surface area contributed by atoms with Gasteiger partial charge in [-0.05, 0) is 105 Å². The standard InChI is InChI=1S/C57H91FN6O14S/c1-16-44-57(10,70)50(66)36(6)63(12)30-32(2)26-55(8,69)52(34(4)48(35(5)53(68)76-44)77-46-27-56(9,73-14)51(67)37(7)75-46)78-54-47(65)42(25-33(3)74-54)62(11)24-23-41-31-64(61-60-41)43(28-58)49(72-13)39-19-17-38(18-20-39)40-21-22-45(59-29-40)79(15)71/h17-22,29,31-37,42-44,46-52,54,65-67,69-70H,16,23-28,30H2,1-15H3/t32-,33-,34+,35-,36-,37+,42+,43-,44-,46+,47-,48+,49-,50-,51+,52-,54+,55-,56-,57-,79?/m1/s1. The first-order chi connectivity index (χ1) is 37.1. The number of likely N-dealkylation sites (N-methyl/N-ethyl adjacent to an activating group) is 2. The number of alkyl halides is 1. The fourth-order valence-electron chi connectivity index (χ4n) is 12.1. The van der Waals surface area contributed by atoms with Crippen molar-refractivity contribution in [2.75, 3.05) is 54.3 Å². The summed E-state index contributed by atoms with van der Waals surface area (Å²) in [5.74, 6) is -2.91. The molecule has 3 aromatic rings. The van der Waals surface area contributed by atoms with Gasteiger partial charge in [0.15, 0.2) is 12.6 Å². The van der Waals surface area contributed by atoms with Gasteiger partial charge < -0.3 is 68.5 Å². The van der Waals surface area contributed by atoms with E-state index in [-0.39, 0.29) is 25.2 Å². The molecule has 20 nitrogen and oxygen atoms in total. The van der Waals surface area contributed by atoms with E-state index >= 15 is 4.39 Å². The van der Waals surface area contributed by atoms with Crippen molar-refractivity contribution in [3.63, 3.8) is 0 Å². The summed E-state index contributed by atoms with van der Waals surface area (Å²) in [5, 5.41) is 69.2. The Bertz CT molecular complexity index is 2420. The third-order valence-electron chi connectivity index (χ3n) is 17.1. The lowest BCUT2D eigenvalue weighted by Crippen LogP contribution is -2.61. The number of aromatic nitrogens is 4. The Morgan fingerprint density at radius 1 is 0.949 bits per heavy atom. The fourth-order valence-corrected chi connectivity index (χ4v) is 12.6. The lowest BCUT2D eigenvalue weighted by Gasteiger charge is -2.49. The predicted octanol–water partition coefficient (Wildman–Crippen LogP) is 4.80. The van der Waals surface area contributed by atoms with E-state index in [1.165, 1.54) is 25.8 Å². The average molecular weight is 1140 g/mol. The number of carbonyl (C=O) groups is 1. The largest absolute Gasteiger partial charge is 0.459 e. The van der Waals surface area contributed by atoms with Crippen molar-refractivity contribution >= 4 is 16.8 Å². The summed E-state index contributed by atoms with van der Waals surface area (Å²) < 4.78 is 72.5. The van der Waals surface area contributed by atoms with Gasteiger partial charge in [0.1, 0.15) is 53.9 Å². The lowest BCUT2D eigenvalue weighted by molar-refractivity contribution is -0.318. The van der Waals surface area contributed by atoms with Crippen LogP contribution in [-0.2, 0) is 55.2 Å². The number of hydrogen-bond donors (Lipinski definition) is 5. The molecule has 0 radical (unpaired) electrons. The Labute approximate surface area is 469 Å². The molecular weight excluding hydrogens is 1040 g/mol. The first-order valence-corrected chi connectivity index (χ1v) is 29.3. The highest BCUT2D eigenvalue weighted by molar-refractivity contribution is 7.84. The Morgan fingerprint density at radius 2 is 1.62 bits per heavy atom. The van der Waals surface area contributed by atoms with Crippen LogP contribution in [0.25, 0.3) is 11.1 Å². The molecule has 5 N–H and O–H groups in total. The van der Waals surface area contributed by atoms with Crippen LogP contribution in [0.1, 0.15) is 118 Å². The summed E-state index contributed by atoms with van der Waals surface area (Å²) in [7, 11) is 5.52. The predicted molar refractivity (Wildman–Crippen MR) is 294 cm³/mol. The van der Waals surface area contributed by atoms with Gasteiger partial charge in [-0.1, -0.05) is 56.3 Å². The van der Waals surface area contributed by atoms with Crippen LogP contribution < -0.4 is 0 Å². The number of ether oxygens (including phenoxy) is 7. The molecular formula is C57H91FN6O14S. The van der Waals surface area contributed by atoms with Crippen molar-refractivity contribution in [3.8, 4) is 11.1 Å². The minimum Gasteiger partial charge on any atom is -0.459 e. The number of cyclic esters (lactones) is 1. The van der Waals surface area contributed by atoms with Crippen LogP contribution in [0.2, 0.25) is 0 Å². The molecule has 3 aliphatic rings. The molecule has 3 saturated heterocycles. The second-order valence-corrected chi connectivity index (χ2v) is 24.8. The number of methoxy groups -OCH3 is 2. The van der Waals surface area contributed by atoms with Gasteiger partial charge in [0, 0.05) is 82.4 Å². The highest BCUT2D eigenvalue weighted by atomic mass is 32.2. The number of aliphatic hydroxyl groups is 5. The molecule has 21 atom stereocenters. The molecule has 6 rings (SSSR count). The number of hydrogen-bond acceptors (Lipinski definition) is 19. The molecule has 0 aliphatic carbocycles. The fraction of sp³-hybridized carbons (Fsp3) is 0.754. The van der Waals surface area contributed by atoms with Crippen LogP contribution in [0, 0.1) is 17.8 Å². The quantitative estimate of drug-likeness (QED) is 0.114. The molecule has 79 heavy (non-hydrogen) atoms. The number of rotatable bonds is 17. The molecule has 0 saturated carbocycles. The maximum absolute atomic E-state index is 15.0. The van der Waals surface area contributed by atoms with Crippen LogP contribution in [-0.4, -0.2) is 210 Å². The van der Waals surface area contributed by atoms with Crippen molar-refractivity contribution in [2.24, 2.45) is 17.8 Å². The summed E-state index contributed by atoms with van der Waals surface area (Å²) >= 11 is 0. The molecule has 22 heteroatoms. The maximum Gasteiger partial charge on any atom is 0.311 e. The molecule has 0 bridgehead atoms. The topological polar surface area (TPSA) is 250 Å². The highest BCUT2D eigenvalue weighted by Gasteiger charge is 2.53. The molecule has 0 amide bonds.